The molecule has 0 unspecified atom stereocenters. The van der Waals surface area contributed by atoms with Crippen molar-refractivity contribution in [2.24, 2.45) is 11.7 Å². The second-order valence-electron chi connectivity index (χ2n) is 6.01. The predicted molar refractivity (Wildman–Crippen MR) is 87.9 cm³/mol. The Morgan fingerprint density at radius 1 is 1.45 bits per heavy atom. The summed E-state index contributed by atoms with van der Waals surface area (Å²) < 4.78 is 0. The summed E-state index contributed by atoms with van der Waals surface area (Å²) in [6.07, 6.45) is 1.54. The smallest absolute Gasteiger partial charge is 0.321 e. The van der Waals surface area contributed by atoms with Gasteiger partial charge < -0.3 is 16.4 Å². The number of anilines is 2. The van der Waals surface area contributed by atoms with Crippen molar-refractivity contribution < 1.29 is 9.59 Å². The van der Waals surface area contributed by atoms with E-state index in [-0.39, 0.29) is 11.9 Å². The first-order valence-corrected chi connectivity index (χ1v) is 7.69. The Morgan fingerprint density at radius 3 is 2.91 bits per heavy atom. The zero-order chi connectivity index (χ0) is 16.1. The minimum atomic E-state index is -0.526. The summed E-state index contributed by atoms with van der Waals surface area (Å²) in [6, 6.07) is 6.64. The number of hydrogen-bond donors (Lipinski definition) is 3. The van der Waals surface area contributed by atoms with E-state index in [1.54, 1.807) is 17.0 Å². The average molecular weight is 304 g/mol. The maximum Gasteiger partial charge on any atom is 0.321 e. The molecule has 1 heterocycles. The molecular weight excluding hydrogens is 280 g/mol. The summed E-state index contributed by atoms with van der Waals surface area (Å²) in [4.78, 5) is 25.6. The third kappa shape index (κ3) is 4.21. The van der Waals surface area contributed by atoms with Crippen molar-refractivity contribution in [1.29, 1.82) is 0 Å². The average Bonchev–Trinajstić information content (AvgIpc) is 2.47. The standard InChI is InChI=1S/C16H24N4O2/c1-11(2)9-14(17)15(21)19-12-5-3-6-13(10-12)20-8-4-7-18-16(20)22/h3,5-6,10-11,14H,4,7-9,17H2,1-2H3,(H,18,22)(H,19,21)/t14-/m0/s1. The van der Waals surface area contributed by atoms with Gasteiger partial charge in [0.05, 0.1) is 6.04 Å². The fourth-order valence-electron chi connectivity index (χ4n) is 2.48. The summed E-state index contributed by atoms with van der Waals surface area (Å²) in [5.74, 6) is 0.165. The fraction of sp³-hybridized carbons (Fsp3) is 0.500. The number of carbonyl (C=O) groups excluding carboxylic acids is 2. The van der Waals surface area contributed by atoms with Crippen LogP contribution in [-0.4, -0.2) is 31.1 Å². The van der Waals surface area contributed by atoms with E-state index in [0.29, 0.717) is 31.1 Å². The molecule has 1 aromatic rings. The normalized spacial score (nSPS) is 16.4. The first-order chi connectivity index (χ1) is 10.5. The number of rotatable bonds is 5. The van der Waals surface area contributed by atoms with Crippen molar-refractivity contribution in [3.63, 3.8) is 0 Å². The number of nitrogens with zero attached hydrogens (tertiary/aromatic N) is 1. The highest BCUT2D eigenvalue weighted by molar-refractivity contribution is 5.97. The molecule has 2 rings (SSSR count). The summed E-state index contributed by atoms with van der Waals surface area (Å²) in [5, 5.41) is 5.63. The lowest BCUT2D eigenvalue weighted by Crippen LogP contribution is -2.46. The molecule has 120 valence electrons. The van der Waals surface area contributed by atoms with Crippen LogP contribution in [0.2, 0.25) is 0 Å². The van der Waals surface area contributed by atoms with Gasteiger partial charge in [0.25, 0.3) is 0 Å². The van der Waals surface area contributed by atoms with Crippen LogP contribution in [0.25, 0.3) is 0 Å². The van der Waals surface area contributed by atoms with E-state index in [9.17, 15) is 9.59 Å². The van der Waals surface area contributed by atoms with E-state index in [4.69, 9.17) is 5.73 Å². The molecule has 1 atom stereocenters. The molecule has 0 spiro atoms. The minimum Gasteiger partial charge on any atom is -0.338 e. The van der Waals surface area contributed by atoms with Gasteiger partial charge in [-0.25, -0.2) is 4.79 Å². The van der Waals surface area contributed by atoms with Crippen molar-refractivity contribution in [3.05, 3.63) is 24.3 Å². The van der Waals surface area contributed by atoms with Gasteiger partial charge in [-0.15, -0.1) is 0 Å². The molecule has 1 fully saturated rings. The zero-order valence-corrected chi connectivity index (χ0v) is 13.1. The van der Waals surface area contributed by atoms with E-state index in [1.807, 2.05) is 26.0 Å². The molecule has 4 N–H and O–H groups in total. The first-order valence-electron chi connectivity index (χ1n) is 7.69. The molecule has 3 amide bonds. The maximum absolute atomic E-state index is 12.1. The molecule has 6 heteroatoms. The van der Waals surface area contributed by atoms with Crippen molar-refractivity contribution in [3.8, 4) is 0 Å². The summed E-state index contributed by atoms with van der Waals surface area (Å²) >= 11 is 0. The molecule has 22 heavy (non-hydrogen) atoms. The van der Waals surface area contributed by atoms with Crippen LogP contribution in [0.4, 0.5) is 16.2 Å². The van der Waals surface area contributed by atoms with Gasteiger partial charge in [0.2, 0.25) is 5.91 Å². The zero-order valence-electron chi connectivity index (χ0n) is 13.1. The number of amides is 3. The van der Waals surface area contributed by atoms with Gasteiger partial charge in [0.15, 0.2) is 0 Å². The van der Waals surface area contributed by atoms with Gasteiger partial charge in [-0.05, 0) is 37.0 Å². The van der Waals surface area contributed by atoms with Gasteiger partial charge in [-0.1, -0.05) is 19.9 Å². The van der Waals surface area contributed by atoms with E-state index < -0.39 is 6.04 Å². The number of carbonyl (C=O) groups is 2. The van der Waals surface area contributed by atoms with Crippen LogP contribution in [-0.2, 0) is 4.79 Å². The van der Waals surface area contributed by atoms with Gasteiger partial charge in [-0.3, -0.25) is 9.69 Å². The van der Waals surface area contributed by atoms with Crippen LogP contribution in [0.5, 0.6) is 0 Å². The quantitative estimate of drug-likeness (QED) is 0.776. The van der Waals surface area contributed by atoms with E-state index in [1.165, 1.54) is 0 Å². The number of nitrogens with one attached hydrogen (secondary N) is 2. The molecule has 0 saturated carbocycles. The minimum absolute atomic E-state index is 0.105. The van der Waals surface area contributed by atoms with E-state index in [0.717, 1.165) is 12.1 Å². The summed E-state index contributed by atoms with van der Waals surface area (Å²) in [7, 11) is 0. The molecule has 0 radical (unpaired) electrons. The number of nitrogens with two attached hydrogens (primary N) is 1. The van der Waals surface area contributed by atoms with Crippen LogP contribution in [0.15, 0.2) is 24.3 Å². The molecule has 1 aromatic carbocycles. The molecule has 0 bridgehead atoms. The van der Waals surface area contributed by atoms with Gasteiger partial charge in [-0.2, -0.15) is 0 Å². The third-order valence-corrected chi connectivity index (χ3v) is 3.57. The highest BCUT2D eigenvalue weighted by Crippen LogP contribution is 2.21. The number of urea groups is 1. The van der Waals surface area contributed by atoms with Crippen LogP contribution in [0, 0.1) is 5.92 Å². The Morgan fingerprint density at radius 2 is 2.23 bits per heavy atom. The topological polar surface area (TPSA) is 87.5 Å². The lowest BCUT2D eigenvalue weighted by Gasteiger charge is -2.27. The van der Waals surface area contributed by atoms with Crippen LogP contribution >= 0.6 is 0 Å². The molecule has 0 aromatic heterocycles. The van der Waals surface area contributed by atoms with Gasteiger partial charge in [0.1, 0.15) is 0 Å². The molecule has 6 nitrogen and oxygen atoms in total. The Hall–Kier alpha value is -2.08. The highest BCUT2D eigenvalue weighted by atomic mass is 16.2. The van der Waals surface area contributed by atoms with Gasteiger partial charge >= 0.3 is 6.03 Å². The lowest BCUT2D eigenvalue weighted by molar-refractivity contribution is -0.117. The van der Waals surface area contributed by atoms with E-state index >= 15 is 0 Å². The lowest BCUT2D eigenvalue weighted by atomic mass is 10.0. The van der Waals surface area contributed by atoms with Crippen molar-refractivity contribution >= 4 is 23.3 Å². The van der Waals surface area contributed by atoms with Crippen molar-refractivity contribution in [2.45, 2.75) is 32.7 Å². The molecular formula is C16H24N4O2. The second-order valence-corrected chi connectivity index (χ2v) is 6.01. The molecule has 1 saturated heterocycles. The summed E-state index contributed by atoms with van der Waals surface area (Å²) in [5.41, 5.74) is 7.31. The molecule has 0 aliphatic carbocycles. The second kappa shape index (κ2) is 7.26. The first kappa shape index (κ1) is 16.3. The Kier molecular flexibility index (Phi) is 5.38. The monoisotopic (exact) mass is 304 g/mol. The van der Waals surface area contributed by atoms with Crippen molar-refractivity contribution in [1.82, 2.24) is 5.32 Å². The van der Waals surface area contributed by atoms with Gasteiger partial charge in [0, 0.05) is 24.5 Å². The largest absolute Gasteiger partial charge is 0.338 e. The molecule has 1 aliphatic heterocycles. The Labute approximate surface area is 131 Å². The number of benzene rings is 1. The Bertz CT molecular complexity index is 545. The van der Waals surface area contributed by atoms with E-state index in [2.05, 4.69) is 10.6 Å². The SMILES string of the molecule is CC(C)C[C@H](N)C(=O)Nc1cccc(N2CCCNC2=O)c1. The third-order valence-electron chi connectivity index (χ3n) is 3.57. The predicted octanol–water partition coefficient (Wildman–Crippen LogP) is 1.92. The Balaban J connectivity index is 2.05. The van der Waals surface area contributed by atoms with Crippen LogP contribution < -0.4 is 21.3 Å². The highest BCUT2D eigenvalue weighted by Gasteiger charge is 2.20. The maximum atomic E-state index is 12.1. The number of hydrogen-bond acceptors (Lipinski definition) is 3. The summed E-state index contributed by atoms with van der Waals surface area (Å²) in [6.45, 7) is 5.44. The fourth-order valence-corrected chi connectivity index (χ4v) is 2.48. The van der Waals surface area contributed by atoms with Crippen LogP contribution in [0.3, 0.4) is 0 Å². The van der Waals surface area contributed by atoms with Crippen LogP contribution in [0.1, 0.15) is 26.7 Å². The molecule has 1 aliphatic rings. The van der Waals surface area contributed by atoms with Crippen molar-refractivity contribution in [2.75, 3.05) is 23.3 Å².